The first kappa shape index (κ1) is 12.2. The van der Waals surface area contributed by atoms with E-state index < -0.39 is 11.8 Å². The standard InChI is InChI=1S/C12H20FNO/c1-12(2,15)8-10-5-6-11(13)4-3-7-14-9-10/h3,5-7,10-11,14-15H,4,8-9H2,1-2H3/b6-5+,7-3+. The minimum absolute atomic E-state index is 0.172. The highest BCUT2D eigenvalue weighted by molar-refractivity contribution is 5.01. The molecule has 0 saturated heterocycles. The summed E-state index contributed by atoms with van der Waals surface area (Å²) in [6.07, 6.45) is 7.18. The molecular formula is C12H20FNO. The Morgan fingerprint density at radius 2 is 2.20 bits per heavy atom. The normalized spacial score (nSPS) is 32.0. The van der Waals surface area contributed by atoms with E-state index in [1.165, 1.54) is 0 Å². The SMILES string of the molecule is CC(C)(O)CC1/C=C/C(F)C/C=C/NC1. The molecular weight excluding hydrogens is 193 g/mol. The first-order valence-corrected chi connectivity index (χ1v) is 5.40. The number of aliphatic hydroxyl groups is 1. The van der Waals surface area contributed by atoms with E-state index in [9.17, 15) is 9.50 Å². The summed E-state index contributed by atoms with van der Waals surface area (Å²) in [7, 11) is 0. The summed E-state index contributed by atoms with van der Waals surface area (Å²) >= 11 is 0. The summed E-state index contributed by atoms with van der Waals surface area (Å²) in [5.74, 6) is 0.172. The van der Waals surface area contributed by atoms with Crippen LogP contribution in [0.5, 0.6) is 0 Å². The second kappa shape index (κ2) is 5.31. The summed E-state index contributed by atoms with van der Waals surface area (Å²) in [6.45, 7) is 4.29. The lowest BCUT2D eigenvalue weighted by molar-refractivity contribution is 0.0594. The van der Waals surface area contributed by atoms with E-state index in [0.717, 1.165) is 6.54 Å². The van der Waals surface area contributed by atoms with Crippen molar-refractivity contribution in [2.75, 3.05) is 6.54 Å². The van der Waals surface area contributed by atoms with Crippen LogP contribution in [0, 0.1) is 5.92 Å². The summed E-state index contributed by atoms with van der Waals surface area (Å²) in [6, 6.07) is 0. The molecule has 2 N–H and O–H groups in total. The van der Waals surface area contributed by atoms with Gasteiger partial charge in [-0.3, -0.25) is 0 Å². The van der Waals surface area contributed by atoms with Gasteiger partial charge in [0.15, 0.2) is 0 Å². The average Bonchev–Trinajstić information content (AvgIpc) is 2.18. The van der Waals surface area contributed by atoms with Crippen molar-refractivity contribution in [1.82, 2.24) is 5.32 Å². The Labute approximate surface area is 90.9 Å². The first-order valence-electron chi connectivity index (χ1n) is 5.40. The number of nitrogens with one attached hydrogen (secondary N) is 1. The van der Waals surface area contributed by atoms with E-state index in [1.54, 1.807) is 32.2 Å². The molecule has 0 aromatic heterocycles. The fraction of sp³-hybridized carbons (Fsp3) is 0.667. The monoisotopic (exact) mass is 213 g/mol. The highest BCUT2D eigenvalue weighted by atomic mass is 19.1. The average molecular weight is 213 g/mol. The van der Waals surface area contributed by atoms with Gasteiger partial charge in [0, 0.05) is 13.0 Å². The molecule has 2 nitrogen and oxygen atoms in total. The summed E-state index contributed by atoms with van der Waals surface area (Å²) in [5, 5.41) is 12.8. The van der Waals surface area contributed by atoms with Crippen LogP contribution in [0.4, 0.5) is 4.39 Å². The zero-order valence-corrected chi connectivity index (χ0v) is 9.41. The Bertz CT molecular complexity index is 242. The largest absolute Gasteiger partial charge is 0.391 e. The van der Waals surface area contributed by atoms with Crippen molar-refractivity contribution in [2.45, 2.75) is 38.5 Å². The van der Waals surface area contributed by atoms with Crippen LogP contribution < -0.4 is 5.32 Å². The third-order valence-corrected chi connectivity index (χ3v) is 2.33. The Morgan fingerprint density at radius 3 is 2.87 bits per heavy atom. The van der Waals surface area contributed by atoms with E-state index in [2.05, 4.69) is 5.32 Å². The predicted octanol–water partition coefficient (Wildman–Crippen LogP) is 2.16. The van der Waals surface area contributed by atoms with E-state index in [4.69, 9.17) is 0 Å². The third-order valence-electron chi connectivity index (χ3n) is 2.33. The Balaban J connectivity index is 2.58. The molecule has 0 radical (unpaired) electrons. The topological polar surface area (TPSA) is 32.3 Å². The molecule has 0 bridgehead atoms. The quantitative estimate of drug-likeness (QED) is 0.689. The number of allylic oxidation sites excluding steroid dienone is 2. The van der Waals surface area contributed by atoms with E-state index in [-0.39, 0.29) is 5.92 Å². The minimum atomic E-state index is -0.912. The zero-order chi connectivity index (χ0) is 11.3. The molecule has 0 spiro atoms. The fourth-order valence-electron chi connectivity index (χ4n) is 1.71. The van der Waals surface area contributed by atoms with Gasteiger partial charge in [0.1, 0.15) is 6.17 Å². The maximum atomic E-state index is 13.2. The highest BCUT2D eigenvalue weighted by Crippen LogP contribution is 2.18. The van der Waals surface area contributed by atoms with Crippen LogP contribution in [-0.4, -0.2) is 23.4 Å². The van der Waals surface area contributed by atoms with Crippen molar-refractivity contribution < 1.29 is 9.50 Å². The molecule has 15 heavy (non-hydrogen) atoms. The van der Waals surface area contributed by atoms with Gasteiger partial charge in [-0.1, -0.05) is 18.2 Å². The van der Waals surface area contributed by atoms with Crippen molar-refractivity contribution in [3.05, 3.63) is 24.4 Å². The van der Waals surface area contributed by atoms with Gasteiger partial charge in [0.2, 0.25) is 0 Å². The molecule has 0 aliphatic carbocycles. The molecule has 0 aromatic rings. The number of rotatable bonds is 2. The summed E-state index contributed by atoms with van der Waals surface area (Å²) < 4.78 is 13.2. The Hall–Kier alpha value is -0.830. The van der Waals surface area contributed by atoms with Crippen molar-refractivity contribution in [3.63, 3.8) is 0 Å². The molecule has 1 heterocycles. The van der Waals surface area contributed by atoms with Crippen LogP contribution in [0.25, 0.3) is 0 Å². The van der Waals surface area contributed by atoms with Crippen LogP contribution in [0.3, 0.4) is 0 Å². The molecule has 2 atom stereocenters. The van der Waals surface area contributed by atoms with E-state index in [1.807, 2.05) is 6.08 Å². The second-order valence-electron chi connectivity index (χ2n) is 4.72. The van der Waals surface area contributed by atoms with Crippen LogP contribution in [-0.2, 0) is 0 Å². The van der Waals surface area contributed by atoms with Crippen molar-refractivity contribution in [2.24, 2.45) is 5.92 Å². The Morgan fingerprint density at radius 1 is 1.47 bits per heavy atom. The lowest BCUT2D eigenvalue weighted by Gasteiger charge is -2.22. The lowest BCUT2D eigenvalue weighted by atomic mass is 9.93. The van der Waals surface area contributed by atoms with Crippen molar-refractivity contribution in [3.8, 4) is 0 Å². The molecule has 0 aromatic carbocycles. The minimum Gasteiger partial charge on any atom is -0.391 e. The molecule has 1 aliphatic heterocycles. The van der Waals surface area contributed by atoms with Crippen LogP contribution in [0.1, 0.15) is 26.7 Å². The van der Waals surface area contributed by atoms with Crippen LogP contribution >= 0.6 is 0 Å². The highest BCUT2D eigenvalue weighted by Gasteiger charge is 2.18. The molecule has 86 valence electrons. The van der Waals surface area contributed by atoms with Gasteiger partial charge >= 0.3 is 0 Å². The molecule has 0 fully saturated rings. The molecule has 0 amide bonds. The molecule has 2 unspecified atom stereocenters. The summed E-state index contributed by atoms with van der Waals surface area (Å²) in [5.41, 5.74) is -0.708. The zero-order valence-electron chi connectivity index (χ0n) is 9.41. The first-order chi connectivity index (χ1) is 6.97. The van der Waals surface area contributed by atoms with Crippen molar-refractivity contribution in [1.29, 1.82) is 0 Å². The second-order valence-corrected chi connectivity index (χ2v) is 4.72. The van der Waals surface area contributed by atoms with Crippen molar-refractivity contribution >= 4 is 0 Å². The molecule has 1 rings (SSSR count). The van der Waals surface area contributed by atoms with Gasteiger partial charge in [-0.05, 0) is 32.4 Å². The number of alkyl halides is 1. The Kier molecular flexibility index (Phi) is 4.33. The van der Waals surface area contributed by atoms with Crippen LogP contribution in [0.15, 0.2) is 24.4 Å². The van der Waals surface area contributed by atoms with Gasteiger partial charge in [-0.25, -0.2) is 4.39 Å². The smallest absolute Gasteiger partial charge is 0.122 e. The number of hydrogen-bond acceptors (Lipinski definition) is 2. The van der Waals surface area contributed by atoms with Gasteiger partial charge in [0.05, 0.1) is 5.60 Å². The molecule has 0 saturated carbocycles. The predicted molar refractivity (Wildman–Crippen MR) is 60.2 cm³/mol. The number of halogens is 1. The third kappa shape index (κ3) is 5.57. The van der Waals surface area contributed by atoms with E-state index in [0.29, 0.717) is 12.8 Å². The summed E-state index contributed by atoms with van der Waals surface area (Å²) in [4.78, 5) is 0. The van der Waals surface area contributed by atoms with Gasteiger partial charge in [-0.2, -0.15) is 0 Å². The maximum Gasteiger partial charge on any atom is 0.122 e. The van der Waals surface area contributed by atoms with E-state index >= 15 is 0 Å². The lowest BCUT2D eigenvalue weighted by Crippen LogP contribution is -2.27. The van der Waals surface area contributed by atoms with Gasteiger partial charge in [-0.15, -0.1) is 0 Å². The van der Waals surface area contributed by atoms with Gasteiger partial charge < -0.3 is 10.4 Å². The molecule has 3 heteroatoms. The maximum absolute atomic E-state index is 13.2. The number of hydrogen-bond donors (Lipinski definition) is 2. The fourth-order valence-corrected chi connectivity index (χ4v) is 1.71. The van der Waals surface area contributed by atoms with Gasteiger partial charge in [0.25, 0.3) is 0 Å². The molecule has 1 aliphatic rings. The van der Waals surface area contributed by atoms with Crippen LogP contribution in [0.2, 0.25) is 0 Å².